The highest BCUT2D eigenvalue weighted by Crippen LogP contribution is 2.32. The van der Waals surface area contributed by atoms with Crippen LogP contribution in [0.2, 0.25) is 5.15 Å². The lowest BCUT2D eigenvalue weighted by Crippen LogP contribution is -2.03. The monoisotopic (exact) mass is 256 g/mol. The molecule has 0 radical (unpaired) electrons. The second kappa shape index (κ2) is 5.05. The molecule has 6 heteroatoms. The fourth-order valence-electron chi connectivity index (χ4n) is 1.36. The second-order valence-corrected chi connectivity index (χ2v) is 3.43. The van der Waals surface area contributed by atoms with E-state index in [1.165, 1.54) is 18.5 Å². The Labute approximate surface area is 101 Å². The molecule has 0 N–H and O–H groups in total. The first kappa shape index (κ1) is 11.7. The van der Waals surface area contributed by atoms with Gasteiger partial charge in [0.2, 0.25) is 0 Å². The van der Waals surface area contributed by atoms with Crippen LogP contribution in [0.4, 0.5) is 8.78 Å². The van der Waals surface area contributed by atoms with Gasteiger partial charge in [0.25, 0.3) is 0 Å². The zero-order valence-corrected chi connectivity index (χ0v) is 9.23. The highest BCUT2D eigenvalue weighted by atomic mass is 35.5. The zero-order chi connectivity index (χ0) is 12.3. The molecule has 0 aliphatic heterocycles. The van der Waals surface area contributed by atoms with Crippen molar-refractivity contribution in [3.63, 3.8) is 0 Å². The van der Waals surface area contributed by atoms with E-state index in [0.717, 1.165) is 0 Å². The summed E-state index contributed by atoms with van der Waals surface area (Å²) in [7, 11) is 0. The average molecular weight is 257 g/mol. The smallest absolute Gasteiger partial charge is 0.387 e. The standard InChI is InChI=1S/C11H7ClF2N2O/c12-10-9(15-5-6-16-10)7-3-1-2-4-8(7)17-11(13)14/h1-6,11H. The van der Waals surface area contributed by atoms with Crippen molar-refractivity contribution < 1.29 is 13.5 Å². The summed E-state index contributed by atoms with van der Waals surface area (Å²) >= 11 is 5.85. The van der Waals surface area contributed by atoms with Crippen molar-refractivity contribution in [3.05, 3.63) is 41.8 Å². The SMILES string of the molecule is FC(F)Oc1ccccc1-c1nccnc1Cl. The van der Waals surface area contributed by atoms with E-state index in [-0.39, 0.29) is 10.9 Å². The average Bonchev–Trinajstić information content (AvgIpc) is 2.30. The number of aromatic nitrogens is 2. The molecule has 17 heavy (non-hydrogen) atoms. The summed E-state index contributed by atoms with van der Waals surface area (Å²) in [6.07, 6.45) is 2.85. The number of ether oxygens (including phenoxy) is 1. The quantitative estimate of drug-likeness (QED) is 0.844. The molecule has 0 aliphatic carbocycles. The molecule has 0 saturated heterocycles. The Morgan fingerprint density at radius 1 is 1.12 bits per heavy atom. The van der Waals surface area contributed by atoms with Crippen LogP contribution < -0.4 is 4.74 Å². The summed E-state index contributed by atoms with van der Waals surface area (Å²) in [4.78, 5) is 7.83. The first-order valence-corrected chi connectivity index (χ1v) is 5.07. The van der Waals surface area contributed by atoms with Crippen molar-refractivity contribution >= 4 is 11.6 Å². The summed E-state index contributed by atoms with van der Waals surface area (Å²) in [5.41, 5.74) is 0.691. The highest BCUT2D eigenvalue weighted by molar-refractivity contribution is 6.31. The zero-order valence-electron chi connectivity index (χ0n) is 8.48. The van der Waals surface area contributed by atoms with Crippen molar-refractivity contribution in [1.29, 1.82) is 0 Å². The molecular formula is C11H7ClF2N2O. The van der Waals surface area contributed by atoms with Gasteiger partial charge in [-0.05, 0) is 12.1 Å². The van der Waals surface area contributed by atoms with Gasteiger partial charge in [0, 0.05) is 18.0 Å². The highest BCUT2D eigenvalue weighted by Gasteiger charge is 2.14. The largest absolute Gasteiger partial charge is 0.434 e. The van der Waals surface area contributed by atoms with Crippen molar-refractivity contribution in [2.75, 3.05) is 0 Å². The number of alkyl halides is 2. The van der Waals surface area contributed by atoms with Crippen LogP contribution in [0.15, 0.2) is 36.7 Å². The van der Waals surface area contributed by atoms with Crippen molar-refractivity contribution in [1.82, 2.24) is 9.97 Å². The van der Waals surface area contributed by atoms with Crippen molar-refractivity contribution in [2.24, 2.45) is 0 Å². The lowest BCUT2D eigenvalue weighted by Gasteiger charge is -2.10. The summed E-state index contributed by atoms with van der Waals surface area (Å²) in [6, 6.07) is 6.28. The van der Waals surface area contributed by atoms with Crippen LogP contribution in [0.3, 0.4) is 0 Å². The van der Waals surface area contributed by atoms with E-state index in [1.54, 1.807) is 18.2 Å². The normalized spacial score (nSPS) is 10.6. The molecule has 0 bridgehead atoms. The van der Waals surface area contributed by atoms with E-state index >= 15 is 0 Å². The van der Waals surface area contributed by atoms with E-state index < -0.39 is 6.61 Å². The molecule has 88 valence electrons. The molecule has 0 atom stereocenters. The fourth-order valence-corrected chi connectivity index (χ4v) is 1.57. The van der Waals surface area contributed by atoms with E-state index in [4.69, 9.17) is 11.6 Å². The van der Waals surface area contributed by atoms with Gasteiger partial charge in [-0.15, -0.1) is 0 Å². The lowest BCUT2D eigenvalue weighted by molar-refractivity contribution is -0.0494. The Kier molecular flexibility index (Phi) is 3.49. The third-order valence-corrected chi connectivity index (χ3v) is 2.29. The second-order valence-electron chi connectivity index (χ2n) is 3.07. The van der Waals surface area contributed by atoms with E-state index in [1.807, 2.05) is 0 Å². The maximum absolute atomic E-state index is 12.2. The Hall–Kier alpha value is -1.75. The molecule has 1 aromatic heterocycles. The van der Waals surface area contributed by atoms with Crippen molar-refractivity contribution in [3.8, 4) is 17.0 Å². The van der Waals surface area contributed by atoms with Gasteiger partial charge in [0.05, 0.1) is 0 Å². The third-order valence-electron chi connectivity index (χ3n) is 2.01. The maximum atomic E-state index is 12.2. The Balaban J connectivity index is 2.48. The van der Waals surface area contributed by atoms with Crippen LogP contribution in [0.1, 0.15) is 0 Å². The van der Waals surface area contributed by atoms with Gasteiger partial charge in [-0.2, -0.15) is 8.78 Å². The van der Waals surface area contributed by atoms with Gasteiger partial charge in [-0.1, -0.05) is 23.7 Å². The molecule has 3 nitrogen and oxygen atoms in total. The first-order chi connectivity index (χ1) is 8.18. The number of hydrogen-bond acceptors (Lipinski definition) is 3. The molecule has 0 saturated carbocycles. The van der Waals surface area contributed by atoms with Crippen LogP contribution in [0, 0.1) is 0 Å². The molecule has 2 rings (SSSR count). The van der Waals surface area contributed by atoms with E-state index in [2.05, 4.69) is 14.7 Å². The van der Waals surface area contributed by atoms with Gasteiger partial charge in [-0.25, -0.2) is 4.98 Å². The lowest BCUT2D eigenvalue weighted by atomic mass is 10.1. The summed E-state index contributed by atoms with van der Waals surface area (Å²) in [6.45, 7) is -2.90. The number of benzene rings is 1. The van der Waals surface area contributed by atoms with Crippen molar-refractivity contribution in [2.45, 2.75) is 6.61 Å². The molecule has 1 heterocycles. The summed E-state index contributed by atoms with van der Waals surface area (Å²) in [5, 5.41) is 0.137. The number of halogens is 3. The minimum Gasteiger partial charge on any atom is -0.434 e. The van der Waals surface area contributed by atoms with Crippen LogP contribution in [0.25, 0.3) is 11.3 Å². The number of nitrogens with zero attached hydrogens (tertiary/aromatic N) is 2. The molecule has 1 aromatic carbocycles. The molecule has 0 spiro atoms. The van der Waals surface area contributed by atoms with Gasteiger partial charge in [0.15, 0.2) is 5.15 Å². The van der Waals surface area contributed by atoms with Crippen LogP contribution >= 0.6 is 11.6 Å². The third kappa shape index (κ3) is 2.68. The Morgan fingerprint density at radius 3 is 2.53 bits per heavy atom. The van der Waals surface area contributed by atoms with Gasteiger partial charge < -0.3 is 4.74 Å². The molecule has 0 fully saturated rings. The summed E-state index contributed by atoms with van der Waals surface area (Å²) < 4.78 is 28.8. The predicted octanol–water partition coefficient (Wildman–Crippen LogP) is 3.40. The number of para-hydroxylation sites is 1. The van der Waals surface area contributed by atoms with Crippen LogP contribution in [-0.4, -0.2) is 16.6 Å². The molecule has 0 unspecified atom stereocenters. The van der Waals surface area contributed by atoms with Gasteiger partial charge in [-0.3, -0.25) is 4.98 Å². The first-order valence-electron chi connectivity index (χ1n) is 4.69. The van der Waals surface area contributed by atoms with E-state index in [9.17, 15) is 8.78 Å². The minimum atomic E-state index is -2.90. The molecular weight excluding hydrogens is 250 g/mol. The van der Waals surface area contributed by atoms with Gasteiger partial charge >= 0.3 is 6.61 Å². The van der Waals surface area contributed by atoms with E-state index in [0.29, 0.717) is 11.3 Å². The molecule has 2 aromatic rings. The topological polar surface area (TPSA) is 35.0 Å². The molecule has 0 aliphatic rings. The Morgan fingerprint density at radius 2 is 1.82 bits per heavy atom. The maximum Gasteiger partial charge on any atom is 0.387 e. The number of rotatable bonds is 3. The van der Waals surface area contributed by atoms with Crippen LogP contribution in [0.5, 0.6) is 5.75 Å². The minimum absolute atomic E-state index is 0.0184. The predicted molar refractivity (Wildman–Crippen MR) is 59.1 cm³/mol. The summed E-state index contributed by atoms with van der Waals surface area (Å²) in [5.74, 6) is 0.0184. The number of hydrogen-bond donors (Lipinski definition) is 0. The van der Waals surface area contributed by atoms with Crippen LogP contribution in [-0.2, 0) is 0 Å². The molecule has 0 amide bonds. The van der Waals surface area contributed by atoms with Gasteiger partial charge in [0.1, 0.15) is 11.4 Å². The fraction of sp³-hybridized carbons (Fsp3) is 0.0909. The Bertz CT molecular complexity index is 522.